The number of anilines is 2. The van der Waals surface area contributed by atoms with Gasteiger partial charge in [0.05, 0.1) is 5.25 Å². The zero-order valence-electron chi connectivity index (χ0n) is 16.9. The molecular formula is C25H18FN3O2S. The van der Waals surface area contributed by atoms with E-state index < -0.39 is 17.0 Å². The van der Waals surface area contributed by atoms with Gasteiger partial charge in [-0.05, 0) is 48.4 Å². The quantitative estimate of drug-likeness (QED) is 0.450. The molecule has 0 aliphatic carbocycles. The molecule has 0 radical (unpaired) electrons. The summed E-state index contributed by atoms with van der Waals surface area (Å²) in [5, 5.41) is 12.2. The molecule has 3 aromatic carbocycles. The van der Waals surface area contributed by atoms with Crippen molar-refractivity contribution in [2.24, 2.45) is 0 Å². The Morgan fingerprint density at radius 2 is 1.62 bits per heavy atom. The van der Waals surface area contributed by atoms with Gasteiger partial charge in [-0.2, -0.15) is 5.26 Å². The maximum Gasteiger partial charge on any atom is 0.269 e. The van der Waals surface area contributed by atoms with Gasteiger partial charge in [-0.3, -0.25) is 14.5 Å². The van der Waals surface area contributed by atoms with Gasteiger partial charge in [0.1, 0.15) is 22.5 Å². The fraction of sp³-hybridized carbons (Fsp3) is 0.0800. The molecule has 32 heavy (non-hydrogen) atoms. The Hall–Kier alpha value is -3.89. The molecule has 0 bridgehead atoms. The van der Waals surface area contributed by atoms with Crippen LogP contribution in [0.2, 0.25) is 0 Å². The van der Waals surface area contributed by atoms with Crippen LogP contribution in [0.25, 0.3) is 0 Å². The molecule has 4 rings (SSSR count). The highest BCUT2D eigenvalue weighted by Crippen LogP contribution is 2.42. The Morgan fingerprint density at radius 1 is 1.00 bits per heavy atom. The third kappa shape index (κ3) is 4.56. The zero-order chi connectivity index (χ0) is 22.5. The summed E-state index contributed by atoms with van der Waals surface area (Å²) in [7, 11) is 0. The Labute approximate surface area is 189 Å². The van der Waals surface area contributed by atoms with E-state index in [4.69, 9.17) is 0 Å². The van der Waals surface area contributed by atoms with E-state index in [0.29, 0.717) is 17.8 Å². The fourth-order valence-electron chi connectivity index (χ4n) is 3.35. The standard InChI is InChI=1S/C25H18FN3O2S/c26-18-11-13-19(14-12-18)28-23(30)21(16-27)25-29(20-9-5-2-6-10-20)24(31)22(32-25)15-17-7-3-1-4-8-17/h1-14,22H,15H2,(H,28,30). The van der Waals surface area contributed by atoms with Crippen molar-refractivity contribution in [1.82, 2.24) is 0 Å². The molecular weight excluding hydrogens is 425 g/mol. The number of nitrogens with zero attached hydrogens (tertiary/aromatic N) is 2. The van der Waals surface area contributed by atoms with E-state index in [1.807, 2.05) is 42.5 Å². The van der Waals surface area contributed by atoms with E-state index in [1.165, 1.54) is 40.9 Å². The molecule has 1 N–H and O–H groups in total. The maximum absolute atomic E-state index is 13.3. The second-order valence-electron chi connectivity index (χ2n) is 7.06. The first kappa shape index (κ1) is 21.3. The number of benzene rings is 3. The number of thioether (sulfide) groups is 1. The molecule has 1 fully saturated rings. The summed E-state index contributed by atoms with van der Waals surface area (Å²) in [6.07, 6.45) is 0.468. The van der Waals surface area contributed by atoms with E-state index in [0.717, 1.165) is 5.56 Å². The minimum atomic E-state index is -0.657. The van der Waals surface area contributed by atoms with Crippen molar-refractivity contribution in [3.63, 3.8) is 0 Å². The number of amides is 2. The minimum absolute atomic E-state index is 0.174. The Morgan fingerprint density at radius 3 is 2.25 bits per heavy atom. The molecule has 7 heteroatoms. The van der Waals surface area contributed by atoms with Crippen molar-refractivity contribution in [2.75, 3.05) is 10.2 Å². The van der Waals surface area contributed by atoms with E-state index in [-0.39, 0.29) is 16.5 Å². The van der Waals surface area contributed by atoms with Gasteiger partial charge in [0, 0.05) is 11.4 Å². The molecule has 1 aliphatic heterocycles. The number of nitriles is 1. The lowest BCUT2D eigenvalue weighted by Gasteiger charge is -2.18. The van der Waals surface area contributed by atoms with E-state index >= 15 is 0 Å². The van der Waals surface area contributed by atoms with Crippen molar-refractivity contribution in [1.29, 1.82) is 5.26 Å². The van der Waals surface area contributed by atoms with Crippen molar-refractivity contribution >= 4 is 35.0 Å². The molecule has 1 unspecified atom stereocenters. The minimum Gasteiger partial charge on any atom is -0.321 e. The third-order valence-corrected chi connectivity index (χ3v) is 6.15. The van der Waals surface area contributed by atoms with Crippen molar-refractivity contribution in [3.05, 3.63) is 107 Å². The Balaban J connectivity index is 1.70. The number of hydrogen-bond donors (Lipinski definition) is 1. The van der Waals surface area contributed by atoms with Gasteiger partial charge in [-0.25, -0.2) is 4.39 Å². The van der Waals surface area contributed by atoms with Crippen molar-refractivity contribution in [2.45, 2.75) is 11.7 Å². The summed E-state index contributed by atoms with van der Waals surface area (Å²) >= 11 is 1.20. The first-order chi connectivity index (χ1) is 15.6. The van der Waals surface area contributed by atoms with Crippen LogP contribution < -0.4 is 10.2 Å². The van der Waals surface area contributed by atoms with E-state index in [9.17, 15) is 19.2 Å². The number of rotatable bonds is 5. The summed E-state index contributed by atoms with van der Waals surface area (Å²) in [6, 6.07) is 25.7. The van der Waals surface area contributed by atoms with Crippen molar-refractivity contribution in [3.8, 4) is 6.07 Å². The van der Waals surface area contributed by atoms with E-state index in [2.05, 4.69) is 5.32 Å². The molecule has 0 aromatic heterocycles. The lowest BCUT2D eigenvalue weighted by atomic mass is 10.1. The fourth-order valence-corrected chi connectivity index (χ4v) is 4.66. The highest BCUT2D eigenvalue weighted by molar-refractivity contribution is 8.05. The summed E-state index contributed by atoms with van der Waals surface area (Å²) < 4.78 is 13.2. The molecule has 158 valence electrons. The van der Waals surface area contributed by atoms with Crippen LogP contribution in [0.5, 0.6) is 0 Å². The van der Waals surface area contributed by atoms with Gasteiger partial charge in [0.15, 0.2) is 0 Å². The molecule has 0 spiro atoms. The van der Waals surface area contributed by atoms with Crippen molar-refractivity contribution < 1.29 is 14.0 Å². The highest BCUT2D eigenvalue weighted by Gasteiger charge is 2.40. The zero-order valence-corrected chi connectivity index (χ0v) is 17.7. The van der Waals surface area contributed by atoms with Crippen LogP contribution in [-0.4, -0.2) is 17.1 Å². The van der Waals surface area contributed by atoms with Crippen LogP contribution in [0.15, 0.2) is 95.5 Å². The molecule has 0 saturated carbocycles. The number of hydrogen-bond acceptors (Lipinski definition) is 4. The second kappa shape index (κ2) is 9.50. The lowest BCUT2D eigenvalue weighted by Crippen LogP contribution is -2.30. The van der Waals surface area contributed by atoms with Crippen LogP contribution >= 0.6 is 11.8 Å². The largest absolute Gasteiger partial charge is 0.321 e. The van der Waals surface area contributed by atoms with Gasteiger partial charge in [0.25, 0.3) is 5.91 Å². The van der Waals surface area contributed by atoms with Gasteiger partial charge in [-0.1, -0.05) is 60.3 Å². The van der Waals surface area contributed by atoms with Crippen LogP contribution in [0, 0.1) is 17.1 Å². The predicted molar refractivity (Wildman–Crippen MR) is 123 cm³/mol. The first-order valence-corrected chi connectivity index (χ1v) is 10.8. The lowest BCUT2D eigenvalue weighted by molar-refractivity contribution is -0.117. The highest BCUT2D eigenvalue weighted by atomic mass is 32.2. The number of nitrogens with one attached hydrogen (secondary N) is 1. The molecule has 2 amide bonds. The average molecular weight is 444 g/mol. The average Bonchev–Trinajstić information content (AvgIpc) is 3.12. The topological polar surface area (TPSA) is 73.2 Å². The van der Waals surface area contributed by atoms with Gasteiger partial charge in [-0.15, -0.1) is 0 Å². The number of halogens is 1. The molecule has 1 heterocycles. The maximum atomic E-state index is 13.3. The monoisotopic (exact) mass is 443 g/mol. The molecule has 1 atom stereocenters. The summed E-state index contributed by atoms with van der Waals surface area (Å²) in [5.41, 5.74) is 1.75. The normalized spacial score (nSPS) is 17.1. The van der Waals surface area contributed by atoms with Gasteiger partial charge < -0.3 is 5.32 Å². The Kier molecular flexibility index (Phi) is 6.34. The summed E-state index contributed by atoms with van der Waals surface area (Å²) in [4.78, 5) is 27.7. The molecule has 1 saturated heterocycles. The van der Waals surface area contributed by atoms with Gasteiger partial charge in [0.2, 0.25) is 5.91 Å². The number of carbonyl (C=O) groups excluding carboxylic acids is 2. The third-order valence-electron chi connectivity index (χ3n) is 4.89. The molecule has 5 nitrogen and oxygen atoms in total. The Bertz CT molecular complexity index is 1210. The number of para-hydroxylation sites is 1. The molecule has 3 aromatic rings. The smallest absolute Gasteiger partial charge is 0.269 e. The van der Waals surface area contributed by atoms with E-state index in [1.54, 1.807) is 24.3 Å². The second-order valence-corrected chi connectivity index (χ2v) is 8.25. The molecule has 1 aliphatic rings. The predicted octanol–water partition coefficient (Wildman–Crippen LogP) is 4.89. The van der Waals surface area contributed by atoms with Crippen LogP contribution in [0.3, 0.4) is 0 Å². The first-order valence-electron chi connectivity index (χ1n) is 9.87. The van der Waals surface area contributed by atoms with Gasteiger partial charge >= 0.3 is 0 Å². The summed E-state index contributed by atoms with van der Waals surface area (Å²) in [6.45, 7) is 0. The SMILES string of the molecule is N#CC(C(=O)Nc1ccc(F)cc1)=C1SC(Cc2ccccc2)C(=O)N1c1ccccc1. The van der Waals surface area contributed by atoms with Crippen LogP contribution in [0.4, 0.5) is 15.8 Å². The summed E-state index contributed by atoms with van der Waals surface area (Å²) in [5.74, 6) is -1.28. The number of carbonyl (C=O) groups is 2. The van der Waals surface area contributed by atoms with Crippen LogP contribution in [-0.2, 0) is 16.0 Å². The van der Waals surface area contributed by atoms with Crippen LogP contribution in [0.1, 0.15) is 5.56 Å².